The summed E-state index contributed by atoms with van der Waals surface area (Å²) in [6.07, 6.45) is 1.05. The maximum absolute atomic E-state index is 12.0. The molecule has 1 N–H and O–H groups in total. The summed E-state index contributed by atoms with van der Waals surface area (Å²) in [5.41, 5.74) is 1.43. The number of carboxylic acids is 1. The van der Waals surface area contributed by atoms with Crippen LogP contribution in [0, 0.1) is 0 Å². The molecule has 7 heteroatoms. The van der Waals surface area contributed by atoms with E-state index in [0.717, 1.165) is 0 Å². The summed E-state index contributed by atoms with van der Waals surface area (Å²) in [6.45, 7) is 6.84. The third-order valence-corrected chi connectivity index (χ3v) is 4.00. The number of carbonyl (C=O) groups excluding carboxylic acids is 2. The molecule has 0 bridgehead atoms. The number of carbonyl (C=O) groups is 3. The normalized spacial score (nSPS) is 19.8. The molecule has 1 unspecified atom stereocenters. The molecule has 0 spiro atoms. The zero-order valence-electron chi connectivity index (χ0n) is 14.7. The van der Waals surface area contributed by atoms with Gasteiger partial charge in [0, 0.05) is 30.8 Å². The predicted octanol–water partition coefficient (Wildman–Crippen LogP) is 3.23. The predicted molar refractivity (Wildman–Crippen MR) is 93.5 cm³/mol. The van der Waals surface area contributed by atoms with Crippen molar-refractivity contribution in [1.82, 2.24) is 0 Å². The fraction of sp³-hybridized carbons (Fsp3) is 0.444. The first kappa shape index (κ1) is 18.6. The van der Waals surface area contributed by atoms with Gasteiger partial charge >= 0.3 is 12.1 Å². The second kappa shape index (κ2) is 7.46. The van der Waals surface area contributed by atoms with E-state index in [1.54, 1.807) is 24.8 Å². The SMILES string of the molecule is CC(=O)N1c2ccc(C(=O)O)cc2C(/C=N/C(=O)OC(C)C)C[C@@H]1C. The molecule has 2 atom stereocenters. The van der Waals surface area contributed by atoms with Gasteiger partial charge in [0.1, 0.15) is 0 Å². The number of aliphatic imine (C=N–C) groups is 1. The van der Waals surface area contributed by atoms with E-state index >= 15 is 0 Å². The van der Waals surface area contributed by atoms with Crippen molar-refractivity contribution in [1.29, 1.82) is 0 Å². The fourth-order valence-electron chi connectivity index (χ4n) is 3.05. The number of anilines is 1. The standard InChI is InChI=1S/C18H22N2O5/c1-10(2)25-18(24)19-9-14-7-11(3)20(12(4)21)16-6-5-13(17(22)23)8-15(14)16/h5-6,8-11,14H,7H2,1-4H3,(H,22,23)/b19-9+/t11-,14?/m0/s1. The van der Waals surface area contributed by atoms with Crippen LogP contribution in [0.25, 0.3) is 0 Å². The molecule has 1 aliphatic heterocycles. The van der Waals surface area contributed by atoms with Gasteiger partial charge < -0.3 is 14.7 Å². The van der Waals surface area contributed by atoms with Crippen molar-refractivity contribution in [2.75, 3.05) is 4.90 Å². The van der Waals surface area contributed by atoms with Gasteiger partial charge in [0.25, 0.3) is 0 Å². The van der Waals surface area contributed by atoms with Gasteiger partial charge in [-0.2, -0.15) is 4.99 Å². The molecular formula is C18H22N2O5. The molecule has 1 heterocycles. The summed E-state index contributed by atoms with van der Waals surface area (Å²) >= 11 is 0. The summed E-state index contributed by atoms with van der Waals surface area (Å²) in [5, 5.41) is 9.23. The summed E-state index contributed by atoms with van der Waals surface area (Å²) in [7, 11) is 0. The molecule has 0 radical (unpaired) electrons. The van der Waals surface area contributed by atoms with E-state index in [2.05, 4.69) is 4.99 Å². The number of aromatic carboxylic acids is 1. The van der Waals surface area contributed by atoms with Crippen LogP contribution in [-0.4, -0.2) is 41.4 Å². The summed E-state index contributed by atoms with van der Waals surface area (Å²) in [5.74, 6) is -1.45. The van der Waals surface area contributed by atoms with E-state index in [4.69, 9.17) is 4.74 Å². The molecule has 0 aromatic heterocycles. The summed E-state index contributed by atoms with van der Waals surface area (Å²) < 4.78 is 4.98. The lowest BCUT2D eigenvalue weighted by Gasteiger charge is -2.37. The lowest BCUT2D eigenvalue weighted by Crippen LogP contribution is -2.42. The number of nitrogens with zero attached hydrogens (tertiary/aromatic N) is 2. The maximum atomic E-state index is 12.0. The van der Waals surface area contributed by atoms with E-state index in [1.807, 2.05) is 6.92 Å². The third kappa shape index (κ3) is 4.23. The quantitative estimate of drug-likeness (QED) is 0.848. The van der Waals surface area contributed by atoms with Gasteiger partial charge in [0.15, 0.2) is 0 Å². The number of amides is 2. The Morgan fingerprint density at radius 2 is 2.04 bits per heavy atom. The molecule has 7 nitrogen and oxygen atoms in total. The highest BCUT2D eigenvalue weighted by Gasteiger charge is 2.32. The summed E-state index contributed by atoms with van der Waals surface area (Å²) in [6, 6.07) is 4.53. The molecule has 25 heavy (non-hydrogen) atoms. The first-order chi connectivity index (χ1) is 11.7. The largest absolute Gasteiger partial charge is 0.478 e. The molecule has 0 fully saturated rings. The number of benzene rings is 1. The van der Waals surface area contributed by atoms with Crippen LogP contribution in [0.15, 0.2) is 23.2 Å². The van der Waals surface area contributed by atoms with Gasteiger partial charge in [-0.05, 0) is 51.0 Å². The van der Waals surface area contributed by atoms with Crippen molar-refractivity contribution < 1.29 is 24.2 Å². The molecule has 1 aliphatic rings. The van der Waals surface area contributed by atoms with Crippen molar-refractivity contribution in [2.24, 2.45) is 4.99 Å². The van der Waals surface area contributed by atoms with Crippen LogP contribution in [0.1, 0.15) is 56.0 Å². The van der Waals surface area contributed by atoms with Crippen LogP contribution >= 0.6 is 0 Å². The molecule has 2 rings (SSSR count). The number of hydrogen-bond acceptors (Lipinski definition) is 4. The molecule has 1 aromatic carbocycles. The minimum Gasteiger partial charge on any atom is -0.478 e. The van der Waals surface area contributed by atoms with Crippen LogP contribution in [0.4, 0.5) is 10.5 Å². The van der Waals surface area contributed by atoms with Gasteiger partial charge in [-0.3, -0.25) is 4.79 Å². The second-order valence-electron chi connectivity index (χ2n) is 6.37. The fourth-order valence-corrected chi connectivity index (χ4v) is 3.05. The average Bonchev–Trinajstić information content (AvgIpc) is 2.50. The molecular weight excluding hydrogens is 324 g/mol. The monoisotopic (exact) mass is 346 g/mol. The van der Waals surface area contributed by atoms with Gasteiger partial charge in [-0.15, -0.1) is 0 Å². The lowest BCUT2D eigenvalue weighted by atomic mass is 9.85. The van der Waals surface area contributed by atoms with Crippen LogP contribution in [0.5, 0.6) is 0 Å². The lowest BCUT2D eigenvalue weighted by molar-refractivity contribution is -0.117. The highest BCUT2D eigenvalue weighted by Crippen LogP contribution is 2.38. The van der Waals surface area contributed by atoms with Crippen molar-refractivity contribution in [3.05, 3.63) is 29.3 Å². The average molecular weight is 346 g/mol. The molecule has 2 amide bonds. The van der Waals surface area contributed by atoms with E-state index in [0.29, 0.717) is 17.7 Å². The van der Waals surface area contributed by atoms with Crippen LogP contribution in [0.2, 0.25) is 0 Å². The highest BCUT2D eigenvalue weighted by molar-refractivity contribution is 5.97. The zero-order chi connectivity index (χ0) is 18.7. The Labute approximate surface area is 146 Å². The van der Waals surface area contributed by atoms with Gasteiger partial charge in [0.2, 0.25) is 5.91 Å². The van der Waals surface area contributed by atoms with Crippen molar-refractivity contribution >= 4 is 29.9 Å². The number of rotatable bonds is 3. The molecule has 0 saturated heterocycles. The van der Waals surface area contributed by atoms with Crippen LogP contribution in [0.3, 0.4) is 0 Å². The second-order valence-corrected chi connectivity index (χ2v) is 6.37. The minimum absolute atomic E-state index is 0.0988. The number of fused-ring (bicyclic) bond motifs is 1. The van der Waals surface area contributed by atoms with Gasteiger partial charge in [-0.25, -0.2) is 9.59 Å². The zero-order valence-corrected chi connectivity index (χ0v) is 14.7. The van der Waals surface area contributed by atoms with E-state index < -0.39 is 12.1 Å². The molecule has 134 valence electrons. The third-order valence-electron chi connectivity index (χ3n) is 4.00. The van der Waals surface area contributed by atoms with Gasteiger partial charge in [0.05, 0.1) is 11.7 Å². The Hall–Kier alpha value is -2.70. The molecule has 1 aromatic rings. The Morgan fingerprint density at radius 3 is 2.60 bits per heavy atom. The minimum atomic E-state index is -1.05. The Morgan fingerprint density at radius 1 is 1.36 bits per heavy atom. The number of ether oxygens (including phenoxy) is 1. The first-order valence-electron chi connectivity index (χ1n) is 8.12. The maximum Gasteiger partial charge on any atom is 0.433 e. The van der Waals surface area contributed by atoms with Crippen molar-refractivity contribution in [3.8, 4) is 0 Å². The van der Waals surface area contributed by atoms with Crippen LogP contribution < -0.4 is 4.90 Å². The van der Waals surface area contributed by atoms with Crippen LogP contribution in [-0.2, 0) is 9.53 Å². The number of carboxylic acid groups (broad SMARTS) is 1. The van der Waals surface area contributed by atoms with E-state index in [1.165, 1.54) is 25.3 Å². The molecule has 0 aliphatic carbocycles. The van der Waals surface area contributed by atoms with E-state index in [-0.39, 0.29) is 29.5 Å². The first-order valence-corrected chi connectivity index (χ1v) is 8.12. The highest BCUT2D eigenvalue weighted by atomic mass is 16.6. The van der Waals surface area contributed by atoms with Crippen molar-refractivity contribution in [2.45, 2.75) is 52.2 Å². The Bertz CT molecular complexity index is 726. The topological polar surface area (TPSA) is 96.3 Å². The molecule has 0 saturated carbocycles. The number of hydrogen-bond donors (Lipinski definition) is 1. The van der Waals surface area contributed by atoms with Crippen molar-refractivity contribution in [3.63, 3.8) is 0 Å². The Kier molecular flexibility index (Phi) is 5.56. The van der Waals surface area contributed by atoms with Gasteiger partial charge in [-0.1, -0.05) is 0 Å². The van der Waals surface area contributed by atoms with E-state index in [9.17, 15) is 19.5 Å². The summed E-state index contributed by atoms with van der Waals surface area (Å²) in [4.78, 5) is 40.4. The smallest absolute Gasteiger partial charge is 0.433 e. The Balaban J connectivity index is 2.42.